The van der Waals surface area contributed by atoms with Crippen molar-refractivity contribution in [2.45, 2.75) is 44.6 Å². The molecule has 0 fully saturated rings. The van der Waals surface area contributed by atoms with Crippen LogP contribution in [0.5, 0.6) is 0 Å². The summed E-state index contributed by atoms with van der Waals surface area (Å²) in [6.45, 7) is -0.543. The van der Waals surface area contributed by atoms with Crippen LogP contribution in [-0.2, 0) is 41.7 Å². The summed E-state index contributed by atoms with van der Waals surface area (Å²) in [5.74, 6) is -6.21. The molecule has 2 heterocycles. The van der Waals surface area contributed by atoms with Crippen LogP contribution in [0, 0.1) is 17.5 Å². The fourth-order valence-corrected chi connectivity index (χ4v) is 3.60. The van der Waals surface area contributed by atoms with Crippen LogP contribution in [0.15, 0.2) is 12.1 Å². The molecule has 0 spiro atoms. The van der Waals surface area contributed by atoms with E-state index in [0.717, 1.165) is 4.57 Å². The van der Waals surface area contributed by atoms with Crippen molar-refractivity contribution in [1.82, 2.24) is 14.5 Å². The number of fused-ring (bicyclic) bond motifs is 1. The van der Waals surface area contributed by atoms with Crippen LogP contribution in [0.1, 0.15) is 29.2 Å². The monoisotopic (exact) mass is 499 g/mol. The highest BCUT2D eigenvalue weighted by molar-refractivity contribution is 5.85. The molecule has 0 saturated carbocycles. The molecule has 1 aliphatic rings. The molecule has 2 aromatic rings. The molecule has 0 bridgehead atoms. The van der Waals surface area contributed by atoms with Crippen molar-refractivity contribution < 1.29 is 35.9 Å². The van der Waals surface area contributed by atoms with Crippen molar-refractivity contribution in [3.63, 3.8) is 0 Å². The standard InChI is InChI=1S/C19H19F6N5O2.ClH/c20-11-6-13(22)12(21)4-9(11)3-10(26)5-17(32)29-1-2-30-15(8-29)14(7-16(27)31)28-18(30)19(23,24)25;/h4,6,10H,1-3,5,7-8,26H2,(H2,27,31);1H. The van der Waals surface area contributed by atoms with Gasteiger partial charge in [0.05, 0.1) is 24.4 Å². The zero-order chi connectivity index (χ0) is 23.8. The van der Waals surface area contributed by atoms with E-state index in [1.807, 2.05) is 0 Å². The third-order valence-electron chi connectivity index (χ3n) is 5.05. The lowest BCUT2D eigenvalue weighted by Gasteiger charge is -2.30. The number of imidazole rings is 1. The normalized spacial score (nSPS) is 14.5. The molecule has 1 atom stereocenters. The number of nitrogens with two attached hydrogens (primary N) is 2. The Kier molecular flexibility index (Phi) is 8.01. The summed E-state index contributed by atoms with van der Waals surface area (Å²) in [4.78, 5) is 28.6. The van der Waals surface area contributed by atoms with Gasteiger partial charge in [0.1, 0.15) is 5.82 Å². The molecular weight excluding hydrogens is 480 g/mol. The van der Waals surface area contributed by atoms with Crippen molar-refractivity contribution in [2.24, 2.45) is 11.5 Å². The van der Waals surface area contributed by atoms with Gasteiger partial charge in [-0.15, -0.1) is 12.4 Å². The molecule has 4 N–H and O–H groups in total. The number of benzene rings is 1. The van der Waals surface area contributed by atoms with E-state index in [9.17, 15) is 35.9 Å². The number of amides is 2. The summed E-state index contributed by atoms with van der Waals surface area (Å²) in [5.41, 5.74) is 10.6. The van der Waals surface area contributed by atoms with Gasteiger partial charge in [-0.2, -0.15) is 13.2 Å². The number of carbonyl (C=O) groups is 2. The molecule has 1 unspecified atom stereocenters. The lowest BCUT2D eigenvalue weighted by atomic mass is 10.0. The van der Waals surface area contributed by atoms with Gasteiger partial charge in [-0.05, 0) is 18.1 Å². The van der Waals surface area contributed by atoms with Crippen molar-refractivity contribution in [2.75, 3.05) is 6.54 Å². The second kappa shape index (κ2) is 10.00. The van der Waals surface area contributed by atoms with Gasteiger partial charge in [-0.1, -0.05) is 0 Å². The predicted octanol–water partition coefficient (Wildman–Crippen LogP) is 2.07. The Labute approximate surface area is 190 Å². The number of hydrogen-bond acceptors (Lipinski definition) is 4. The Morgan fingerprint density at radius 1 is 1.09 bits per heavy atom. The van der Waals surface area contributed by atoms with Gasteiger partial charge in [0, 0.05) is 31.6 Å². The molecule has 33 heavy (non-hydrogen) atoms. The van der Waals surface area contributed by atoms with Crippen LogP contribution in [0.25, 0.3) is 0 Å². The van der Waals surface area contributed by atoms with Crippen molar-refractivity contribution in [3.8, 4) is 0 Å². The Bertz CT molecular complexity index is 1060. The number of halogens is 7. The van der Waals surface area contributed by atoms with Crippen LogP contribution < -0.4 is 11.5 Å². The number of alkyl halides is 3. The predicted molar refractivity (Wildman–Crippen MR) is 105 cm³/mol. The number of hydrogen-bond donors (Lipinski definition) is 2. The fourth-order valence-electron chi connectivity index (χ4n) is 3.60. The van der Waals surface area contributed by atoms with Gasteiger partial charge in [0.15, 0.2) is 11.6 Å². The van der Waals surface area contributed by atoms with Crippen LogP contribution >= 0.6 is 12.4 Å². The van der Waals surface area contributed by atoms with E-state index < -0.39 is 53.7 Å². The molecule has 0 aliphatic carbocycles. The number of primary amides is 1. The summed E-state index contributed by atoms with van der Waals surface area (Å²) < 4.78 is 80.9. The fraction of sp³-hybridized carbons (Fsp3) is 0.421. The van der Waals surface area contributed by atoms with Gasteiger partial charge in [0.25, 0.3) is 0 Å². The Balaban J connectivity index is 0.00000385. The van der Waals surface area contributed by atoms with Gasteiger partial charge in [0.2, 0.25) is 17.6 Å². The van der Waals surface area contributed by atoms with E-state index in [4.69, 9.17) is 11.5 Å². The summed E-state index contributed by atoms with van der Waals surface area (Å²) in [5, 5.41) is 0. The maximum absolute atomic E-state index is 13.8. The minimum absolute atomic E-state index is 0. The van der Waals surface area contributed by atoms with Crippen LogP contribution in [0.2, 0.25) is 0 Å². The van der Waals surface area contributed by atoms with Gasteiger partial charge in [-0.3, -0.25) is 9.59 Å². The first-order valence-electron chi connectivity index (χ1n) is 9.47. The van der Waals surface area contributed by atoms with Gasteiger partial charge < -0.3 is 20.9 Å². The Hall–Kier alpha value is -2.80. The number of carbonyl (C=O) groups excluding carboxylic acids is 2. The molecule has 1 aromatic carbocycles. The molecule has 1 aromatic heterocycles. The lowest BCUT2D eigenvalue weighted by molar-refractivity contribution is -0.148. The molecule has 1 aliphatic heterocycles. The third kappa shape index (κ3) is 5.96. The van der Waals surface area contributed by atoms with Crippen LogP contribution in [0.4, 0.5) is 26.3 Å². The zero-order valence-corrected chi connectivity index (χ0v) is 17.8. The SMILES string of the molecule is Cl.NC(=O)Cc1nc(C(F)(F)F)n2c1CN(C(=O)CC(N)Cc1cc(F)c(F)cc1F)CC2. The molecule has 14 heteroatoms. The molecule has 0 saturated heterocycles. The quantitative estimate of drug-likeness (QED) is 0.468. The largest absolute Gasteiger partial charge is 0.449 e. The van der Waals surface area contributed by atoms with Crippen molar-refractivity contribution in [1.29, 1.82) is 0 Å². The second-order valence-electron chi connectivity index (χ2n) is 7.46. The number of rotatable bonds is 6. The lowest BCUT2D eigenvalue weighted by Crippen LogP contribution is -2.42. The first-order valence-corrected chi connectivity index (χ1v) is 9.47. The molecule has 7 nitrogen and oxygen atoms in total. The molecule has 0 radical (unpaired) electrons. The Morgan fingerprint density at radius 3 is 2.33 bits per heavy atom. The van der Waals surface area contributed by atoms with Crippen LogP contribution in [0.3, 0.4) is 0 Å². The average molecular weight is 500 g/mol. The van der Waals surface area contributed by atoms with Gasteiger partial charge >= 0.3 is 6.18 Å². The van der Waals surface area contributed by atoms with Crippen molar-refractivity contribution >= 4 is 24.2 Å². The highest BCUT2D eigenvalue weighted by Crippen LogP contribution is 2.32. The van der Waals surface area contributed by atoms with Crippen LogP contribution in [-0.4, -0.2) is 38.9 Å². The van der Waals surface area contributed by atoms with Gasteiger partial charge in [-0.25, -0.2) is 18.2 Å². The van der Waals surface area contributed by atoms with E-state index in [1.165, 1.54) is 4.90 Å². The molecular formula is C19H20ClF6N5O2. The van der Waals surface area contributed by atoms with E-state index in [1.54, 1.807) is 0 Å². The molecule has 182 valence electrons. The summed E-state index contributed by atoms with van der Waals surface area (Å²) in [7, 11) is 0. The molecule has 2 amide bonds. The summed E-state index contributed by atoms with van der Waals surface area (Å²) in [6, 6.07) is 0.0803. The Morgan fingerprint density at radius 2 is 1.73 bits per heavy atom. The smallest absolute Gasteiger partial charge is 0.369 e. The number of nitrogens with zero attached hydrogens (tertiary/aromatic N) is 3. The maximum atomic E-state index is 13.8. The number of aromatic nitrogens is 2. The topological polar surface area (TPSA) is 107 Å². The maximum Gasteiger partial charge on any atom is 0.449 e. The third-order valence-corrected chi connectivity index (χ3v) is 5.05. The highest BCUT2D eigenvalue weighted by Gasteiger charge is 2.40. The minimum Gasteiger partial charge on any atom is -0.369 e. The average Bonchev–Trinajstić information content (AvgIpc) is 3.03. The highest BCUT2D eigenvalue weighted by atomic mass is 35.5. The zero-order valence-electron chi connectivity index (χ0n) is 17.0. The van der Waals surface area contributed by atoms with E-state index in [2.05, 4.69) is 4.98 Å². The van der Waals surface area contributed by atoms with E-state index in [-0.39, 0.29) is 61.8 Å². The van der Waals surface area contributed by atoms with Crippen molar-refractivity contribution in [3.05, 3.63) is 52.4 Å². The first-order chi connectivity index (χ1) is 14.9. The van der Waals surface area contributed by atoms with E-state index >= 15 is 0 Å². The first kappa shape index (κ1) is 26.5. The van der Waals surface area contributed by atoms with E-state index in [0.29, 0.717) is 12.1 Å². The second-order valence-corrected chi connectivity index (χ2v) is 7.46. The summed E-state index contributed by atoms with van der Waals surface area (Å²) in [6.07, 6.45) is -5.86. The summed E-state index contributed by atoms with van der Waals surface area (Å²) >= 11 is 0. The molecule has 3 rings (SSSR count). The minimum atomic E-state index is -4.76.